The summed E-state index contributed by atoms with van der Waals surface area (Å²) in [7, 11) is 0. The molecule has 168 valence electrons. The Kier molecular flexibility index (Phi) is 8.06. The summed E-state index contributed by atoms with van der Waals surface area (Å²) < 4.78 is 19.4. The summed E-state index contributed by atoms with van der Waals surface area (Å²) >= 11 is 6.29. The summed E-state index contributed by atoms with van der Waals surface area (Å²) in [5, 5.41) is 15.4. The minimum atomic E-state index is -0.682. The number of aliphatic hydroxyl groups excluding tert-OH is 1. The van der Waals surface area contributed by atoms with Gasteiger partial charge in [-0.3, -0.25) is 4.90 Å². The number of ether oxygens (including phenoxy) is 1. The molecule has 0 saturated carbocycles. The predicted molar refractivity (Wildman–Crippen MR) is 121 cm³/mol. The largest absolute Gasteiger partial charge is 0.390 e. The van der Waals surface area contributed by atoms with Crippen LogP contribution in [0.15, 0.2) is 53.7 Å². The van der Waals surface area contributed by atoms with E-state index in [0.717, 1.165) is 16.8 Å². The van der Waals surface area contributed by atoms with E-state index in [1.165, 1.54) is 12.1 Å². The molecule has 0 amide bonds. The second kappa shape index (κ2) is 10.6. The van der Waals surface area contributed by atoms with Crippen LogP contribution in [0.25, 0.3) is 0 Å². The Morgan fingerprint density at radius 1 is 1.26 bits per heavy atom. The number of nitrogens with zero attached hydrogens (tertiary/aromatic N) is 2. The van der Waals surface area contributed by atoms with Crippen LogP contribution in [-0.4, -0.2) is 53.2 Å². The van der Waals surface area contributed by atoms with Gasteiger partial charge in [0, 0.05) is 36.6 Å². The third kappa shape index (κ3) is 7.58. The summed E-state index contributed by atoms with van der Waals surface area (Å²) in [4.78, 5) is 7.71. The molecule has 0 fully saturated rings. The fourth-order valence-electron chi connectivity index (χ4n) is 3.46. The third-order valence-corrected chi connectivity index (χ3v) is 5.18. The summed E-state index contributed by atoms with van der Waals surface area (Å²) in [6.07, 6.45) is -0.258. The molecular weight excluding hydrogens is 419 g/mol. The third-order valence-electron chi connectivity index (χ3n) is 4.85. The number of aliphatic hydroxyl groups is 1. The van der Waals surface area contributed by atoms with Crippen LogP contribution in [-0.2, 0) is 16.1 Å². The maximum absolute atomic E-state index is 13.7. The first kappa shape index (κ1) is 23.7. The number of rotatable bonds is 9. The van der Waals surface area contributed by atoms with Crippen LogP contribution < -0.4 is 0 Å². The van der Waals surface area contributed by atoms with E-state index < -0.39 is 6.10 Å². The lowest BCUT2D eigenvalue weighted by atomic mass is 10.0. The van der Waals surface area contributed by atoms with Gasteiger partial charge in [-0.15, -0.1) is 0 Å². The second-order valence-corrected chi connectivity index (χ2v) is 9.26. The van der Waals surface area contributed by atoms with E-state index in [2.05, 4.69) is 5.16 Å². The van der Waals surface area contributed by atoms with Crippen molar-refractivity contribution in [1.29, 1.82) is 0 Å². The molecule has 2 atom stereocenters. The molecule has 0 aromatic heterocycles. The van der Waals surface area contributed by atoms with E-state index in [1.807, 2.05) is 56.0 Å². The highest BCUT2D eigenvalue weighted by Gasteiger charge is 2.27. The Bertz CT molecular complexity index is 900. The first-order valence-corrected chi connectivity index (χ1v) is 10.8. The molecule has 7 heteroatoms. The van der Waals surface area contributed by atoms with Gasteiger partial charge in [0.15, 0.2) is 0 Å². The van der Waals surface area contributed by atoms with Crippen molar-refractivity contribution in [2.75, 3.05) is 19.7 Å². The molecule has 0 saturated heterocycles. The van der Waals surface area contributed by atoms with E-state index in [1.54, 1.807) is 6.07 Å². The molecule has 0 unspecified atom stereocenters. The predicted octanol–water partition coefficient (Wildman–Crippen LogP) is 4.65. The van der Waals surface area contributed by atoms with Crippen LogP contribution in [0.5, 0.6) is 0 Å². The van der Waals surface area contributed by atoms with Gasteiger partial charge in [0.2, 0.25) is 0 Å². The summed E-state index contributed by atoms with van der Waals surface area (Å²) in [6, 6.07) is 14.0. The quantitative estimate of drug-likeness (QED) is 0.606. The van der Waals surface area contributed by atoms with Crippen molar-refractivity contribution in [3.8, 4) is 0 Å². The van der Waals surface area contributed by atoms with Gasteiger partial charge in [0.25, 0.3) is 0 Å². The first-order valence-electron chi connectivity index (χ1n) is 10.5. The van der Waals surface area contributed by atoms with E-state index in [9.17, 15) is 9.50 Å². The number of hydrogen-bond donors (Lipinski definition) is 1. The highest BCUT2D eigenvalue weighted by atomic mass is 35.5. The number of benzene rings is 2. The Labute approximate surface area is 188 Å². The van der Waals surface area contributed by atoms with E-state index in [-0.39, 0.29) is 24.1 Å². The number of oxime groups is 1. The molecule has 5 nitrogen and oxygen atoms in total. The Morgan fingerprint density at radius 2 is 2.03 bits per heavy atom. The Morgan fingerprint density at radius 3 is 2.74 bits per heavy atom. The van der Waals surface area contributed by atoms with Gasteiger partial charge in [-0.05, 0) is 44.5 Å². The van der Waals surface area contributed by atoms with Crippen LogP contribution in [0.4, 0.5) is 4.39 Å². The van der Waals surface area contributed by atoms with Crippen molar-refractivity contribution in [2.45, 2.75) is 51.5 Å². The molecule has 3 rings (SSSR count). The fourth-order valence-corrected chi connectivity index (χ4v) is 3.71. The van der Waals surface area contributed by atoms with Crippen LogP contribution >= 0.6 is 11.6 Å². The lowest BCUT2D eigenvalue weighted by molar-refractivity contribution is -0.0600. The van der Waals surface area contributed by atoms with Crippen molar-refractivity contribution in [2.24, 2.45) is 5.16 Å². The van der Waals surface area contributed by atoms with E-state index in [4.69, 9.17) is 21.2 Å². The SMILES string of the molecule is CC(C)(C)OC[C@@H](O)CN(Cc1cccc(F)c1)C[C@@H]1CC(c2ccccc2Cl)=NO1. The summed E-state index contributed by atoms with van der Waals surface area (Å²) in [5.41, 5.74) is 2.16. The van der Waals surface area contributed by atoms with Crippen LogP contribution in [0.2, 0.25) is 5.02 Å². The smallest absolute Gasteiger partial charge is 0.145 e. The Hall–Kier alpha value is -1.99. The van der Waals surface area contributed by atoms with E-state index in [0.29, 0.717) is 31.1 Å². The zero-order valence-corrected chi connectivity index (χ0v) is 19.0. The minimum absolute atomic E-state index is 0.185. The molecular formula is C24H30ClFN2O3. The molecule has 1 aliphatic heterocycles. The topological polar surface area (TPSA) is 54.3 Å². The zero-order valence-electron chi connectivity index (χ0n) is 18.2. The normalized spacial score (nSPS) is 17.5. The van der Waals surface area contributed by atoms with Gasteiger partial charge in [-0.25, -0.2) is 4.39 Å². The lowest BCUT2D eigenvalue weighted by Gasteiger charge is -2.28. The zero-order chi connectivity index (χ0) is 22.4. The lowest BCUT2D eigenvalue weighted by Crippen LogP contribution is -2.40. The van der Waals surface area contributed by atoms with Crippen molar-refractivity contribution in [1.82, 2.24) is 4.90 Å². The van der Waals surface area contributed by atoms with Crippen LogP contribution in [0, 0.1) is 5.82 Å². The van der Waals surface area contributed by atoms with Crippen molar-refractivity contribution < 1.29 is 19.1 Å². The molecule has 0 aliphatic carbocycles. The highest BCUT2D eigenvalue weighted by molar-refractivity contribution is 6.34. The molecule has 0 spiro atoms. The summed E-state index contributed by atoms with van der Waals surface area (Å²) in [5.74, 6) is -0.282. The monoisotopic (exact) mass is 448 g/mol. The maximum atomic E-state index is 13.7. The molecule has 2 aromatic rings. The molecule has 0 radical (unpaired) electrons. The van der Waals surface area contributed by atoms with Crippen molar-refractivity contribution in [3.05, 3.63) is 70.5 Å². The van der Waals surface area contributed by atoms with Gasteiger partial charge in [-0.2, -0.15) is 0 Å². The highest BCUT2D eigenvalue weighted by Crippen LogP contribution is 2.24. The van der Waals surface area contributed by atoms with Gasteiger partial charge < -0.3 is 14.7 Å². The maximum Gasteiger partial charge on any atom is 0.145 e. The Balaban J connectivity index is 1.64. The van der Waals surface area contributed by atoms with Gasteiger partial charge in [-0.1, -0.05) is 47.1 Å². The fraction of sp³-hybridized carbons (Fsp3) is 0.458. The van der Waals surface area contributed by atoms with Crippen molar-refractivity contribution >= 4 is 17.3 Å². The first-order chi connectivity index (χ1) is 14.7. The van der Waals surface area contributed by atoms with Gasteiger partial charge >= 0.3 is 0 Å². The number of hydrogen-bond acceptors (Lipinski definition) is 5. The van der Waals surface area contributed by atoms with E-state index >= 15 is 0 Å². The minimum Gasteiger partial charge on any atom is -0.390 e. The van der Waals surface area contributed by atoms with Crippen LogP contribution in [0.1, 0.15) is 38.3 Å². The average Bonchev–Trinajstić information content (AvgIpc) is 3.14. The van der Waals surface area contributed by atoms with Crippen molar-refractivity contribution in [3.63, 3.8) is 0 Å². The molecule has 1 heterocycles. The van der Waals surface area contributed by atoms with Crippen LogP contribution in [0.3, 0.4) is 0 Å². The molecule has 2 aromatic carbocycles. The standard InChI is InChI=1S/C24H30ClFN2O3/c1-24(2,3)30-16-19(29)14-28(13-17-7-6-8-18(26)11-17)15-20-12-23(27-31-20)21-9-4-5-10-22(21)25/h4-11,19-20,29H,12-16H2,1-3H3/t19-,20-/m0/s1. The second-order valence-electron chi connectivity index (χ2n) is 8.85. The molecule has 0 bridgehead atoms. The molecule has 1 N–H and O–H groups in total. The average molecular weight is 449 g/mol. The molecule has 31 heavy (non-hydrogen) atoms. The number of halogens is 2. The summed E-state index contributed by atoms with van der Waals surface area (Å²) in [6.45, 7) is 7.44. The van der Waals surface area contributed by atoms with Gasteiger partial charge in [0.05, 0.1) is 24.0 Å². The van der Waals surface area contributed by atoms with Gasteiger partial charge in [0.1, 0.15) is 11.9 Å². The molecule has 1 aliphatic rings.